The number of rotatable bonds is 7. The van der Waals surface area contributed by atoms with E-state index in [1.165, 1.54) is 25.1 Å². The molecular weight excluding hydrogens is 506 g/mol. The van der Waals surface area contributed by atoms with Gasteiger partial charge in [-0.25, -0.2) is 0 Å². The van der Waals surface area contributed by atoms with Gasteiger partial charge in [-0.2, -0.15) is 0 Å². The van der Waals surface area contributed by atoms with E-state index >= 15 is 0 Å². The van der Waals surface area contributed by atoms with Crippen LogP contribution in [0.25, 0.3) is 22.3 Å². The van der Waals surface area contributed by atoms with Crippen molar-refractivity contribution < 1.29 is 0 Å². The molecule has 2 fully saturated rings. The van der Waals surface area contributed by atoms with Gasteiger partial charge in [-0.1, -0.05) is 58.0 Å². The molecule has 2 atom stereocenters. The van der Waals surface area contributed by atoms with Crippen molar-refractivity contribution in [1.29, 1.82) is 0 Å². The number of halogens is 1. The van der Waals surface area contributed by atoms with Crippen molar-refractivity contribution in [3.8, 4) is 11.4 Å². The predicted molar refractivity (Wildman–Crippen MR) is 142 cm³/mol. The first-order valence-corrected chi connectivity index (χ1v) is 13.7. The van der Waals surface area contributed by atoms with Gasteiger partial charge in [0.25, 0.3) is 0 Å². The number of fused-ring (bicyclic) bond motifs is 2. The third-order valence-corrected chi connectivity index (χ3v) is 9.07. The van der Waals surface area contributed by atoms with Crippen molar-refractivity contribution in [2.24, 2.45) is 13.0 Å². The molecule has 4 aromatic rings. The maximum Gasteiger partial charge on any atom is 0.191 e. The minimum atomic E-state index is 0.415. The van der Waals surface area contributed by atoms with Crippen molar-refractivity contribution in [3.05, 3.63) is 70.3 Å². The summed E-state index contributed by atoms with van der Waals surface area (Å²) in [7, 11) is 2.06. The molecule has 3 heterocycles. The molecule has 6 rings (SSSR count). The lowest BCUT2D eigenvalue weighted by molar-refractivity contribution is 0.299. The van der Waals surface area contributed by atoms with E-state index < -0.39 is 0 Å². The fourth-order valence-electron chi connectivity index (χ4n) is 5.56. The van der Waals surface area contributed by atoms with Gasteiger partial charge in [0, 0.05) is 52.4 Å². The highest BCUT2D eigenvalue weighted by Crippen LogP contribution is 2.59. The van der Waals surface area contributed by atoms with E-state index in [0.717, 1.165) is 62.3 Å². The zero-order valence-electron chi connectivity index (χ0n) is 19.5. The number of likely N-dealkylation sites (tertiary alicyclic amines) is 1. The van der Waals surface area contributed by atoms with Crippen molar-refractivity contribution in [2.75, 3.05) is 25.4 Å². The number of nitrogens with zero attached hydrogens (tertiary/aromatic N) is 5. The minimum Gasteiger partial charge on any atom is -0.305 e. The van der Waals surface area contributed by atoms with Crippen LogP contribution in [-0.4, -0.2) is 50.0 Å². The van der Waals surface area contributed by atoms with Crippen LogP contribution in [0.4, 0.5) is 0 Å². The summed E-state index contributed by atoms with van der Waals surface area (Å²) in [6, 6.07) is 19.4. The second-order valence-electron chi connectivity index (χ2n) is 9.69. The summed E-state index contributed by atoms with van der Waals surface area (Å²) in [5.74, 6) is 2.78. The second-order valence-corrected chi connectivity index (χ2v) is 11.7. The lowest BCUT2D eigenvalue weighted by Crippen LogP contribution is -2.27. The number of aryl methyl sites for hydroxylation is 1. The average Bonchev–Trinajstić information content (AvgIpc) is 3.21. The molecule has 2 aromatic heterocycles. The Balaban J connectivity index is 1.06. The van der Waals surface area contributed by atoms with Gasteiger partial charge in [0.1, 0.15) is 0 Å². The van der Waals surface area contributed by atoms with Crippen LogP contribution < -0.4 is 0 Å². The van der Waals surface area contributed by atoms with E-state index in [1.54, 1.807) is 11.8 Å². The Morgan fingerprint density at radius 2 is 1.94 bits per heavy atom. The lowest BCUT2D eigenvalue weighted by Gasteiger charge is -2.21. The molecule has 34 heavy (non-hydrogen) atoms. The highest BCUT2D eigenvalue weighted by molar-refractivity contribution is 9.10. The Morgan fingerprint density at radius 1 is 1.09 bits per heavy atom. The fraction of sp³-hybridized carbons (Fsp3) is 0.370. The number of thioether (sulfide) groups is 1. The van der Waals surface area contributed by atoms with Crippen molar-refractivity contribution in [3.63, 3.8) is 0 Å². The maximum absolute atomic E-state index is 4.66. The molecule has 0 radical (unpaired) electrons. The van der Waals surface area contributed by atoms with Gasteiger partial charge in [-0.15, -0.1) is 10.2 Å². The van der Waals surface area contributed by atoms with Crippen LogP contribution >= 0.6 is 27.7 Å². The SMILES string of the molecule is Cc1ccc2c(-c3nnc(SCCCN4C[C@@H]5C[C@@]5(c5ccc(Br)cc5)C4)n3C)cccc2n1. The van der Waals surface area contributed by atoms with Crippen molar-refractivity contribution in [1.82, 2.24) is 24.6 Å². The zero-order chi connectivity index (χ0) is 23.3. The van der Waals surface area contributed by atoms with Crippen LogP contribution in [0.15, 0.2) is 64.2 Å². The second kappa shape index (κ2) is 8.77. The molecular formula is C27H28BrN5S. The Hall–Kier alpha value is -2.22. The summed E-state index contributed by atoms with van der Waals surface area (Å²) in [6.07, 6.45) is 2.51. The molecule has 5 nitrogen and oxygen atoms in total. The van der Waals surface area contributed by atoms with Crippen LogP contribution in [0.3, 0.4) is 0 Å². The molecule has 1 saturated heterocycles. The number of hydrogen-bond acceptors (Lipinski definition) is 5. The molecule has 2 aromatic carbocycles. The summed E-state index contributed by atoms with van der Waals surface area (Å²) >= 11 is 5.37. The number of aromatic nitrogens is 4. The van der Waals surface area contributed by atoms with E-state index in [2.05, 4.69) is 96.2 Å². The van der Waals surface area contributed by atoms with Crippen LogP contribution in [0.1, 0.15) is 24.1 Å². The van der Waals surface area contributed by atoms with Crippen LogP contribution in [0, 0.1) is 12.8 Å². The van der Waals surface area contributed by atoms with Gasteiger partial charge >= 0.3 is 0 Å². The topological polar surface area (TPSA) is 46.8 Å². The molecule has 0 bridgehead atoms. The first-order valence-electron chi connectivity index (χ1n) is 11.9. The summed E-state index contributed by atoms with van der Waals surface area (Å²) < 4.78 is 3.28. The molecule has 7 heteroatoms. The van der Waals surface area contributed by atoms with Crippen LogP contribution in [-0.2, 0) is 12.5 Å². The van der Waals surface area contributed by atoms with Gasteiger partial charge in [-0.3, -0.25) is 4.98 Å². The van der Waals surface area contributed by atoms with Crippen molar-refractivity contribution >= 4 is 38.6 Å². The minimum absolute atomic E-state index is 0.415. The monoisotopic (exact) mass is 533 g/mol. The Kier molecular flexibility index (Phi) is 5.74. The maximum atomic E-state index is 4.66. The Bertz CT molecular complexity index is 1350. The van der Waals surface area contributed by atoms with E-state index in [4.69, 9.17) is 0 Å². The molecule has 174 valence electrons. The molecule has 1 saturated carbocycles. The largest absolute Gasteiger partial charge is 0.305 e. The van der Waals surface area contributed by atoms with Gasteiger partial charge < -0.3 is 9.47 Å². The highest BCUT2D eigenvalue weighted by atomic mass is 79.9. The number of piperidine rings is 1. The molecule has 1 aliphatic carbocycles. The molecule has 0 spiro atoms. The lowest BCUT2D eigenvalue weighted by atomic mass is 9.95. The number of pyridine rings is 1. The molecule has 1 aliphatic heterocycles. The normalized spacial score (nSPS) is 21.8. The predicted octanol–water partition coefficient (Wildman–Crippen LogP) is 5.86. The first-order chi connectivity index (χ1) is 16.5. The number of benzene rings is 2. The Morgan fingerprint density at radius 3 is 2.79 bits per heavy atom. The molecule has 0 N–H and O–H groups in total. The smallest absolute Gasteiger partial charge is 0.191 e. The summed E-state index contributed by atoms with van der Waals surface area (Å²) in [6.45, 7) is 5.62. The van der Waals surface area contributed by atoms with E-state index in [0.29, 0.717) is 5.41 Å². The third kappa shape index (κ3) is 3.97. The van der Waals surface area contributed by atoms with E-state index in [1.807, 2.05) is 13.0 Å². The van der Waals surface area contributed by atoms with Gasteiger partial charge in [0.2, 0.25) is 0 Å². The first kappa shape index (κ1) is 22.3. The third-order valence-electron chi connectivity index (χ3n) is 7.43. The van der Waals surface area contributed by atoms with Crippen LogP contribution in [0.2, 0.25) is 0 Å². The summed E-state index contributed by atoms with van der Waals surface area (Å²) in [5, 5.41) is 11.1. The molecule has 0 amide bonds. The van der Waals surface area contributed by atoms with Gasteiger partial charge in [0.15, 0.2) is 11.0 Å². The average molecular weight is 535 g/mol. The fourth-order valence-corrected chi connectivity index (χ4v) is 6.66. The molecule has 0 unspecified atom stereocenters. The summed E-state index contributed by atoms with van der Waals surface area (Å²) in [5.41, 5.74) is 5.04. The van der Waals surface area contributed by atoms with Gasteiger partial charge in [0.05, 0.1) is 5.52 Å². The highest BCUT2D eigenvalue weighted by Gasteiger charge is 2.60. The Labute approximate surface area is 213 Å². The quantitative estimate of drug-likeness (QED) is 0.220. The number of hydrogen-bond donors (Lipinski definition) is 0. The zero-order valence-corrected chi connectivity index (χ0v) is 21.9. The van der Waals surface area contributed by atoms with Gasteiger partial charge in [-0.05, 0) is 62.1 Å². The summed E-state index contributed by atoms with van der Waals surface area (Å²) in [4.78, 5) is 7.32. The van der Waals surface area contributed by atoms with E-state index in [9.17, 15) is 0 Å². The molecule has 2 aliphatic rings. The van der Waals surface area contributed by atoms with Crippen molar-refractivity contribution in [2.45, 2.75) is 30.3 Å². The van der Waals surface area contributed by atoms with E-state index in [-0.39, 0.29) is 0 Å². The van der Waals surface area contributed by atoms with Crippen LogP contribution in [0.5, 0.6) is 0 Å². The standard InChI is InChI=1S/C27H28BrN5S/c1-18-7-12-22-23(5-3-6-24(22)29-18)25-30-31-26(32(25)2)34-14-4-13-33-16-20-15-27(20,17-33)19-8-10-21(28)11-9-19/h3,5-12,20H,4,13-17H2,1-2H3/t20-,27-/m0/s1.